The number of imidazole rings is 1. The summed E-state index contributed by atoms with van der Waals surface area (Å²) in [6, 6.07) is 1.60. The number of fused-ring (bicyclic) bond motifs is 4. The average molecular weight is 635 g/mol. The van der Waals surface area contributed by atoms with Crippen molar-refractivity contribution in [1.82, 2.24) is 29.5 Å². The number of thiol groups is 2. The van der Waals surface area contributed by atoms with Crippen LogP contribution in [-0.4, -0.2) is 78.3 Å². The highest BCUT2D eigenvalue weighted by Crippen LogP contribution is 2.60. The van der Waals surface area contributed by atoms with Crippen molar-refractivity contribution >= 4 is 49.3 Å². The SMILES string of the molecule is O=c1[nH]cnc2c1ncn2[C@@H]1O[C@@H]2CO[P@](=O)(S)O[C@H]3C[C@H](Oc4ccncn4)C[C@@H]3CO[P@@](=O)(S)O[C@@H]1[C@@H]2O. The Morgan fingerprint density at radius 3 is 2.67 bits per heavy atom. The molecule has 216 valence electrons. The van der Waals surface area contributed by atoms with E-state index < -0.39 is 68.4 Å². The fourth-order valence-corrected chi connectivity index (χ4v) is 8.01. The molecule has 2 bridgehead atoms. The third-order valence-electron chi connectivity index (χ3n) is 6.76. The predicted octanol–water partition coefficient (Wildman–Crippen LogP) is 1.92. The van der Waals surface area contributed by atoms with Gasteiger partial charge in [-0.3, -0.25) is 22.9 Å². The summed E-state index contributed by atoms with van der Waals surface area (Å²) in [5, 5.41) is 11.1. The van der Waals surface area contributed by atoms with E-state index in [9.17, 15) is 19.0 Å². The summed E-state index contributed by atoms with van der Waals surface area (Å²) >= 11 is 8.25. The number of hydrogen-bond acceptors (Lipinski definition) is 14. The van der Waals surface area contributed by atoms with Gasteiger partial charge in [-0.25, -0.2) is 29.1 Å². The highest BCUT2D eigenvalue weighted by molar-refractivity contribution is 8.44. The number of hydrogen-bond donors (Lipinski definition) is 4. The van der Waals surface area contributed by atoms with Gasteiger partial charge in [0.05, 0.1) is 32.0 Å². The topological polar surface area (TPSA) is 199 Å². The molecule has 40 heavy (non-hydrogen) atoms. The van der Waals surface area contributed by atoms with Crippen molar-refractivity contribution in [3.63, 3.8) is 0 Å². The van der Waals surface area contributed by atoms with Gasteiger partial charge in [-0.15, -0.1) is 0 Å². The molecule has 3 aliphatic rings. The van der Waals surface area contributed by atoms with Gasteiger partial charge in [0.25, 0.3) is 5.56 Å². The maximum absolute atomic E-state index is 13.4. The fraction of sp³-hybridized carbons (Fsp3) is 0.550. The van der Waals surface area contributed by atoms with Crippen molar-refractivity contribution in [2.75, 3.05) is 13.2 Å². The molecule has 2 saturated heterocycles. The van der Waals surface area contributed by atoms with Gasteiger partial charge in [0.2, 0.25) is 5.88 Å². The first kappa shape index (κ1) is 28.3. The van der Waals surface area contributed by atoms with Crippen LogP contribution in [0, 0.1) is 5.92 Å². The van der Waals surface area contributed by atoms with E-state index in [1.165, 1.54) is 29.7 Å². The highest BCUT2D eigenvalue weighted by Gasteiger charge is 2.51. The zero-order valence-electron chi connectivity index (χ0n) is 20.4. The summed E-state index contributed by atoms with van der Waals surface area (Å²) in [6.07, 6.45) is -0.212. The molecule has 6 rings (SSSR count). The van der Waals surface area contributed by atoms with E-state index in [0.717, 1.165) is 0 Å². The second-order valence-corrected chi connectivity index (χ2v) is 15.1. The fourth-order valence-electron chi connectivity index (χ4n) is 4.94. The van der Waals surface area contributed by atoms with Crippen LogP contribution >= 0.6 is 38.1 Å². The van der Waals surface area contributed by atoms with Gasteiger partial charge in [0.1, 0.15) is 30.7 Å². The molecule has 3 fully saturated rings. The summed E-state index contributed by atoms with van der Waals surface area (Å²) < 4.78 is 62.4. The van der Waals surface area contributed by atoms with Gasteiger partial charge in [0, 0.05) is 24.6 Å². The van der Waals surface area contributed by atoms with Crippen LogP contribution < -0.4 is 10.3 Å². The Hall–Kier alpha value is -1.85. The number of H-pyrrole nitrogens is 1. The zero-order chi connectivity index (χ0) is 28.1. The Balaban J connectivity index is 1.27. The second kappa shape index (κ2) is 11.1. The summed E-state index contributed by atoms with van der Waals surface area (Å²) in [7, 11) is 0. The third kappa shape index (κ3) is 5.88. The minimum absolute atomic E-state index is 0.0121. The molecule has 5 heterocycles. The van der Waals surface area contributed by atoms with Crippen molar-refractivity contribution in [1.29, 1.82) is 0 Å². The van der Waals surface area contributed by atoms with Crippen molar-refractivity contribution in [2.45, 2.75) is 49.6 Å². The van der Waals surface area contributed by atoms with E-state index in [2.05, 4.69) is 49.4 Å². The van der Waals surface area contributed by atoms with Crippen molar-refractivity contribution < 1.29 is 41.8 Å². The molecular formula is C20H24N6O10P2S2. The molecule has 16 nitrogen and oxygen atoms in total. The van der Waals surface area contributed by atoms with Crippen LogP contribution in [0.2, 0.25) is 0 Å². The van der Waals surface area contributed by atoms with Gasteiger partial charge in [0.15, 0.2) is 17.4 Å². The molecule has 1 aliphatic carbocycles. The Morgan fingerprint density at radius 1 is 1.07 bits per heavy atom. The molecule has 1 saturated carbocycles. The standard InChI is InChI=1S/C20H24N6O10P2S2/c27-16-13-6-32-37(29,39)35-12-4-11(33-14-1-2-21-7-22-14)3-10(12)5-31-38(30,40)36-17(16)20(34-13)26-9-25-15-18(26)23-8-24-19(15)28/h1-2,7-13,16-17,20,27H,3-6H2,(H,29,39)(H,30,40)(H,23,24,28)/t10-,11-,12+,13-,16-,17-,20-,37+,38-/m1/s1. The van der Waals surface area contributed by atoms with Crippen molar-refractivity contribution in [2.24, 2.45) is 5.92 Å². The molecule has 3 aromatic heterocycles. The van der Waals surface area contributed by atoms with Gasteiger partial charge in [-0.2, -0.15) is 0 Å². The van der Waals surface area contributed by atoms with Crippen LogP contribution in [0.25, 0.3) is 11.2 Å². The number of aromatic amines is 1. The van der Waals surface area contributed by atoms with E-state index in [-0.39, 0.29) is 24.2 Å². The molecule has 3 aromatic rings. The number of aliphatic hydroxyl groups excluding tert-OH is 1. The second-order valence-electron chi connectivity index (χ2n) is 9.37. The molecule has 0 spiro atoms. The summed E-state index contributed by atoms with van der Waals surface area (Å²) in [4.78, 5) is 30.6. The van der Waals surface area contributed by atoms with E-state index >= 15 is 0 Å². The molecule has 20 heteroatoms. The normalized spacial score (nSPS) is 38.7. The number of ether oxygens (including phenoxy) is 2. The maximum Gasteiger partial charge on any atom is 0.386 e. The van der Waals surface area contributed by atoms with Crippen LogP contribution in [0.3, 0.4) is 0 Å². The molecule has 0 radical (unpaired) electrons. The third-order valence-corrected chi connectivity index (χ3v) is 10.0. The Kier molecular flexibility index (Phi) is 7.84. The van der Waals surface area contributed by atoms with Crippen LogP contribution in [0.15, 0.2) is 36.0 Å². The Bertz CT molecular complexity index is 1530. The van der Waals surface area contributed by atoms with Crippen LogP contribution in [-0.2, 0) is 32.0 Å². The van der Waals surface area contributed by atoms with Gasteiger partial charge in [-0.1, -0.05) is 24.5 Å². The Labute approximate surface area is 236 Å². The van der Waals surface area contributed by atoms with Gasteiger partial charge >= 0.3 is 13.6 Å². The summed E-state index contributed by atoms with van der Waals surface area (Å²) in [5.41, 5.74) is -0.358. The van der Waals surface area contributed by atoms with Crippen molar-refractivity contribution in [3.8, 4) is 5.88 Å². The molecule has 0 aromatic carbocycles. The lowest BCUT2D eigenvalue weighted by atomic mass is 10.1. The molecular weight excluding hydrogens is 610 g/mol. The number of aliphatic hydroxyl groups is 1. The summed E-state index contributed by atoms with van der Waals surface area (Å²) in [5.74, 6) is -0.107. The first-order chi connectivity index (χ1) is 19.1. The van der Waals surface area contributed by atoms with E-state index in [4.69, 9.17) is 27.6 Å². The highest BCUT2D eigenvalue weighted by atomic mass is 32.7. The number of nitrogens with zero attached hydrogens (tertiary/aromatic N) is 5. The molecule has 2 N–H and O–H groups in total. The monoisotopic (exact) mass is 634 g/mol. The van der Waals surface area contributed by atoms with Gasteiger partial charge in [-0.05, 0) is 6.42 Å². The molecule has 2 aliphatic heterocycles. The zero-order valence-corrected chi connectivity index (χ0v) is 24.0. The van der Waals surface area contributed by atoms with E-state index in [1.54, 1.807) is 6.07 Å². The molecule has 0 amide bonds. The lowest BCUT2D eigenvalue weighted by molar-refractivity contribution is -0.0487. The minimum atomic E-state index is -4.13. The van der Waals surface area contributed by atoms with Crippen LogP contribution in [0.4, 0.5) is 0 Å². The molecule has 0 unspecified atom stereocenters. The number of rotatable bonds is 3. The predicted molar refractivity (Wildman–Crippen MR) is 142 cm³/mol. The minimum Gasteiger partial charge on any atom is -0.474 e. The first-order valence-electron chi connectivity index (χ1n) is 12.1. The average Bonchev–Trinajstić information content (AvgIpc) is 3.58. The van der Waals surface area contributed by atoms with Crippen molar-refractivity contribution in [3.05, 3.63) is 41.6 Å². The smallest absolute Gasteiger partial charge is 0.386 e. The van der Waals surface area contributed by atoms with Gasteiger partial charge < -0.3 is 24.1 Å². The van der Waals surface area contributed by atoms with Crippen LogP contribution in [0.1, 0.15) is 19.1 Å². The maximum atomic E-state index is 13.4. The lowest BCUT2D eigenvalue weighted by Gasteiger charge is -2.26. The van der Waals surface area contributed by atoms with E-state index in [0.29, 0.717) is 12.3 Å². The number of nitrogens with one attached hydrogen (secondary N) is 1. The van der Waals surface area contributed by atoms with E-state index in [1.807, 2.05) is 0 Å². The Morgan fingerprint density at radius 2 is 1.88 bits per heavy atom. The van der Waals surface area contributed by atoms with Crippen LogP contribution in [0.5, 0.6) is 5.88 Å². The quantitative estimate of drug-likeness (QED) is 0.241. The first-order valence-corrected chi connectivity index (χ1v) is 17.5. The molecule has 9 atom stereocenters. The lowest BCUT2D eigenvalue weighted by Crippen LogP contribution is -2.35. The summed E-state index contributed by atoms with van der Waals surface area (Å²) in [6.45, 7) is -8.71. The number of aromatic nitrogens is 6. The largest absolute Gasteiger partial charge is 0.474 e.